The van der Waals surface area contributed by atoms with Gasteiger partial charge in [0.2, 0.25) is 0 Å². The minimum absolute atomic E-state index is 0.610. The third-order valence-corrected chi connectivity index (χ3v) is 2.44. The third-order valence-electron chi connectivity index (χ3n) is 2.07. The maximum Gasteiger partial charge on any atom is 0.0521 e. The number of halogens is 1. The van der Waals surface area contributed by atoms with Crippen LogP contribution in [0, 0.1) is 5.92 Å². The highest BCUT2D eigenvalue weighted by molar-refractivity contribution is 9.09. The Balaban J connectivity index is 2.40. The molecule has 0 aliphatic heterocycles. The van der Waals surface area contributed by atoms with Crippen molar-refractivity contribution >= 4 is 15.9 Å². The highest BCUT2D eigenvalue weighted by Crippen LogP contribution is 2.16. The summed E-state index contributed by atoms with van der Waals surface area (Å²) in [6.45, 7) is 4.48. The first-order chi connectivity index (χ1) is 6.08. The summed E-state index contributed by atoms with van der Waals surface area (Å²) in [6, 6.07) is 0. The molecule has 0 saturated heterocycles. The van der Waals surface area contributed by atoms with Crippen molar-refractivity contribution in [3.63, 3.8) is 0 Å². The molecule has 0 aromatic carbocycles. The van der Waals surface area contributed by atoms with Gasteiger partial charge in [0.1, 0.15) is 0 Å². The van der Waals surface area contributed by atoms with Gasteiger partial charge in [-0.2, -0.15) is 5.10 Å². The Kier molecular flexibility index (Phi) is 3.97. The zero-order chi connectivity index (χ0) is 9.84. The van der Waals surface area contributed by atoms with E-state index in [-0.39, 0.29) is 0 Å². The number of aryl methyl sites for hydroxylation is 1. The van der Waals surface area contributed by atoms with Crippen LogP contribution < -0.4 is 0 Å². The molecule has 0 bridgehead atoms. The molecule has 13 heavy (non-hydrogen) atoms. The van der Waals surface area contributed by atoms with Gasteiger partial charge in [-0.1, -0.05) is 29.8 Å². The van der Waals surface area contributed by atoms with Gasteiger partial charge in [0.25, 0.3) is 0 Å². The van der Waals surface area contributed by atoms with Gasteiger partial charge in [0, 0.05) is 18.1 Å². The second kappa shape index (κ2) is 4.80. The lowest BCUT2D eigenvalue weighted by atomic mass is 9.99. The molecular weight excluding hydrogens is 228 g/mol. The number of rotatable bonds is 4. The second-order valence-electron chi connectivity index (χ2n) is 3.85. The summed E-state index contributed by atoms with van der Waals surface area (Å²) >= 11 is 3.57. The fourth-order valence-electron chi connectivity index (χ4n) is 1.62. The summed E-state index contributed by atoms with van der Waals surface area (Å²) in [6.07, 6.45) is 6.39. The Bertz CT molecular complexity index is 255. The average molecular weight is 245 g/mol. The van der Waals surface area contributed by atoms with E-state index in [2.05, 4.69) is 41.1 Å². The summed E-state index contributed by atoms with van der Waals surface area (Å²) in [4.78, 5) is 0.610. The molecule has 3 heteroatoms. The first-order valence-corrected chi connectivity index (χ1v) is 5.61. The monoisotopic (exact) mass is 244 g/mol. The van der Waals surface area contributed by atoms with Crippen molar-refractivity contribution in [3.8, 4) is 0 Å². The Morgan fingerprint density at radius 1 is 1.54 bits per heavy atom. The molecule has 0 radical (unpaired) electrons. The van der Waals surface area contributed by atoms with E-state index >= 15 is 0 Å². The van der Waals surface area contributed by atoms with Gasteiger partial charge in [0.05, 0.1) is 6.20 Å². The van der Waals surface area contributed by atoms with Crippen LogP contribution in [-0.4, -0.2) is 14.6 Å². The molecule has 0 saturated carbocycles. The summed E-state index contributed by atoms with van der Waals surface area (Å²) in [5.74, 6) is 0.721. The standard InChI is InChI=1S/C10H17BrN2/c1-8(4-9(2)11)5-10-6-12-13(3)7-10/h6-9H,4-5H2,1-3H3. The van der Waals surface area contributed by atoms with Crippen molar-refractivity contribution in [2.24, 2.45) is 13.0 Å². The van der Waals surface area contributed by atoms with Crippen LogP contribution in [0.3, 0.4) is 0 Å². The molecule has 1 heterocycles. The summed E-state index contributed by atoms with van der Waals surface area (Å²) < 4.78 is 1.86. The molecule has 1 aromatic rings. The molecule has 0 aliphatic carbocycles. The van der Waals surface area contributed by atoms with E-state index in [1.807, 2.05) is 17.9 Å². The van der Waals surface area contributed by atoms with Crippen LogP contribution in [0.1, 0.15) is 25.8 Å². The van der Waals surface area contributed by atoms with E-state index in [0.29, 0.717) is 4.83 Å². The smallest absolute Gasteiger partial charge is 0.0521 e. The molecule has 1 rings (SSSR count). The minimum atomic E-state index is 0.610. The summed E-state index contributed by atoms with van der Waals surface area (Å²) in [7, 11) is 1.96. The van der Waals surface area contributed by atoms with Crippen molar-refractivity contribution in [3.05, 3.63) is 18.0 Å². The lowest BCUT2D eigenvalue weighted by molar-refractivity contribution is 0.532. The van der Waals surface area contributed by atoms with Gasteiger partial charge in [-0.3, -0.25) is 4.68 Å². The van der Waals surface area contributed by atoms with Crippen LogP contribution in [0.2, 0.25) is 0 Å². The zero-order valence-electron chi connectivity index (χ0n) is 8.50. The Labute approximate surface area is 88.5 Å². The van der Waals surface area contributed by atoms with Crippen LogP contribution in [0.15, 0.2) is 12.4 Å². The van der Waals surface area contributed by atoms with E-state index in [9.17, 15) is 0 Å². The molecule has 0 N–H and O–H groups in total. The SMILES string of the molecule is CC(Br)CC(C)Cc1cnn(C)c1. The normalized spacial score (nSPS) is 15.7. The van der Waals surface area contributed by atoms with E-state index in [4.69, 9.17) is 0 Å². The van der Waals surface area contributed by atoms with Crippen LogP contribution in [0.4, 0.5) is 0 Å². The fourth-order valence-corrected chi connectivity index (χ4v) is 2.26. The molecule has 0 amide bonds. The molecule has 2 unspecified atom stereocenters. The molecule has 2 atom stereocenters. The Morgan fingerprint density at radius 2 is 2.23 bits per heavy atom. The molecule has 0 fully saturated rings. The van der Waals surface area contributed by atoms with Crippen molar-refractivity contribution in [2.75, 3.05) is 0 Å². The molecular formula is C10H17BrN2. The van der Waals surface area contributed by atoms with E-state index in [1.165, 1.54) is 12.0 Å². The average Bonchev–Trinajstić information content (AvgIpc) is 2.33. The van der Waals surface area contributed by atoms with Gasteiger partial charge >= 0.3 is 0 Å². The Hall–Kier alpha value is -0.310. The van der Waals surface area contributed by atoms with E-state index in [0.717, 1.165) is 12.3 Å². The third kappa shape index (κ3) is 3.94. The first kappa shape index (κ1) is 10.8. The predicted octanol–water partition coefficient (Wildman–Crippen LogP) is 2.77. The Morgan fingerprint density at radius 3 is 2.69 bits per heavy atom. The maximum absolute atomic E-state index is 4.15. The van der Waals surface area contributed by atoms with Crippen molar-refractivity contribution < 1.29 is 0 Å². The summed E-state index contributed by atoms with van der Waals surface area (Å²) in [5, 5.41) is 4.15. The lowest BCUT2D eigenvalue weighted by Gasteiger charge is -2.11. The highest BCUT2D eigenvalue weighted by Gasteiger charge is 2.07. The van der Waals surface area contributed by atoms with Gasteiger partial charge in [-0.05, 0) is 24.3 Å². The minimum Gasteiger partial charge on any atom is -0.276 e. The van der Waals surface area contributed by atoms with Crippen LogP contribution in [0.5, 0.6) is 0 Å². The lowest BCUT2D eigenvalue weighted by Crippen LogP contribution is -2.04. The van der Waals surface area contributed by atoms with Gasteiger partial charge in [-0.25, -0.2) is 0 Å². The van der Waals surface area contributed by atoms with E-state index < -0.39 is 0 Å². The molecule has 0 aliphatic rings. The zero-order valence-corrected chi connectivity index (χ0v) is 10.1. The highest BCUT2D eigenvalue weighted by atomic mass is 79.9. The molecule has 1 aromatic heterocycles. The topological polar surface area (TPSA) is 17.8 Å². The first-order valence-electron chi connectivity index (χ1n) is 4.69. The van der Waals surface area contributed by atoms with Crippen LogP contribution >= 0.6 is 15.9 Å². The van der Waals surface area contributed by atoms with Gasteiger partial charge < -0.3 is 0 Å². The molecule has 2 nitrogen and oxygen atoms in total. The summed E-state index contributed by atoms with van der Waals surface area (Å²) in [5.41, 5.74) is 1.34. The van der Waals surface area contributed by atoms with Crippen molar-refractivity contribution in [1.29, 1.82) is 0 Å². The van der Waals surface area contributed by atoms with Crippen LogP contribution in [0.25, 0.3) is 0 Å². The largest absolute Gasteiger partial charge is 0.276 e. The number of nitrogens with zero attached hydrogens (tertiary/aromatic N) is 2. The number of hydrogen-bond acceptors (Lipinski definition) is 1. The fraction of sp³-hybridized carbons (Fsp3) is 0.700. The number of hydrogen-bond donors (Lipinski definition) is 0. The van der Waals surface area contributed by atoms with E-state index in [1.54, 1.807) is 0 Å². The quantitative estimate of drug-likeness (QED) is 0.746. The van der Waals surface area contributed by atoms with Crippen molar-refractivity contribution in [1.82, 2.24) is 9.78 Å². The number of alkyl halides is 1. The van der Waals surface area contributed by atoms with Gasteiger partial charge in [-0.15, -0.1) is 0 Å². The van der Waals surface area contributed by atoms with Crippen molar-refractivity contribution in [2.45, 2.75) is 31.5 Å². The molecule has 0 spiro atoms. The second-order valence-corrected chi connectivity index (χ2v) is 5.41. The van der Waals surface area contributed by atoms with Crippen LogP contribution in [-0.2, 0) is 13.5 Å². The molecule has 74 valence electrons. The number of aromatic nitrogens is 2. The van der Waals surface area contributed by atoms with Gasteiger partial charge in [0.15, 0.2) is 0 Å². The maximum atomic E-state index is 4.15. The predicted molar refractivity (Wildman–Crippen MR) is 59.1 cm³/mol.